The molecule has 0 spiro atoms. The maximum absolute atomic E-state index is 13.4. The van der Waals surface area contributed by atoms with E-state index in [0.717, 1.165) is 51.4 Å². The first-order valence-corrected chi connectivity index (χ1v) is 24.7. The zero-order valence-electron chi connectivity index (χ0n) is 37.1. The van der Waals surface area contributed by atoms with Gasteiger partial charge in [-0.05, 0) is 38.5 Å². The van der Waals surface area contributed by atoms with Gasteiger partial charge < -0.3 is 28.7 Å². The van der Waals surface area contributed by atoms with Crippen LogP contribution in [0.15, 0.2) is 0 Å². The molecule has 0 aromatic carbocycles. The molecule has 58 heavy (non-hydrogen) atoms. The molecule has 0 bridgehead atoms. The van der Waals surface area contributed by atoms with Crippen molar-refractivity contribution in [3.8, 4) is 0 Å². The molecule has 0 aliphatic carbocycles. The van der Waals surface area contributed by atoms with Crippen molar-refractivity contribution in [2.24, 2.45) is 0 Å². The SMILES string of the molecule is CCCCCCCCCCCCCCCC(=O)N1CCCC1C(=O)O[C@H]1CO[C@H]2[C@@H]1OC[C@H]2OC(=O)C1CCCN1C(=O)CCCCCCCCCCCCCCC. The Bertz CT molecular complexity index is 1080. The van der Waals surface area contributed by atoms with E-state index in [-0.39, 0.29) is 25.0 Å². The molecule has 0 saturated carbocycles. The molecule has 6 atom stereocenters. The highest BCUT2D eigenvalue weighted by Gasteiger charge is 2.52. The summed E-state index contributed by atoms with van der Waals surface area (Å²) in [6, 6.07) is -1.15. The van der Waals surface area contributed by atoms with Crippen molar-refractivity contribution in [1.82, 2.24) is 9.80 Å². The van der Waals surface area contributed by atoms with E-state index in [1.807, 2.05) is 0 Å². The normalized spacial score (nSPS) is 24.1. The fraction of sp³-hybridized carbons (Fsp3) is 0.917. The number of carbonyl (C=O) groups excluding carboxylic acids is 4. The average Bonchev–Trinajstić information content (AvgIpc) is 4.05. The predicted octanol–water partition coefficient (Wildman–Crippen LogP) is 10.6. The van der Waals surface area contributed by atoms with Crippen molar-refractivity contribution in [2.75, 3.05) is 26.3 Å². The second-order valence-corrected chi connectivity index (χ2v) is 18.0. The van der Waals surface area contributed by atoms with Gasteiger partial charge in [0.15, 0.2) is 12.2 Å². The van der Waals surface area contributed by atoms with Crippen LogP contribution in [0.5, 0.6) is 0 Å². The van der Waals surface area contributed by atoms with Crippen LogP contribution in [0.3, 0.4) is 0 Å². The lowest BCUT2D eigenvalue weighted by Crippen LogP contribution is -2.45. The van der Waals surface area contributed by atoms with E-state index in [1.54, 1.807) is 9.80 Å². The van der Waals surface area contributed by atoms with Crippen molar-refractivity contribution in [3.63, 3.8) is 0 Å². The van der Waals surface area contributed by atoms with Crippen LogP contribution >= 0.6 is 0 Å². The second-order valence-electron chi connectivity index (χ2n) is 18.0. The molecule has 4 aliphatic rings. The van der Waals surface area contributed by atoms with Crippen molar-refractivity contribution < 1.29 is 38.1 Å². The molecule has 4 rings (SSSR count). The van der Waals surface area contributed by atoms with Crippen LogP contribution in [0.25, 0.3) is 0 Å². The van der Waals surface area contributed by atoms with E-state index in [1.165, 1.54) is 128 Å². The number of esters is 2. The molecule has 10 heteroatoms. The summed E-state index contributed by atoms with van der Waals surface area (Å²) in [6.07, 6.45) is 34.2. The van der Waals surface area contributed by atoms with Gasteiger partial charge in [-0.2, -0.15) is 0 Å². The number of hydrogen-bond acceptors (Lipinski definition) is 8. The van der Waals surface area contributed by atoms with Gasteiger partial charge in [-0.15, -0.1) is 0 Å². The highest BCUT2D eigenvalue weighted by molar-refractivity contribution is 5.86. The van der Waals surface area contributed by atoms with Crippen LogP contribution in [0.2, 0.25) is 0 Å². The number of carbonyl (C=O) groups is 4. The van der Waals surface area contributed by atoms with Crippen molar-refractivity contribution in [1.29, 1.82) is 0 Å². The van der Waals surface area contributed by atoms with Crippen LogP contribution in [0.1, 0.15) is 219 Å². The number of nitrogens with zero attached hydrogens (tertiary/aromatic N) is 2. The average molecular weight is 817 g/mol. The maximum atomic E-state index is 13.4. The molecule has 2 unspecified atom stereocenters. The number of rotatable bonds is 32. The molecule has 0 aromatic rings. The largest absolute Gasteiger partial charge is 0.455 e. The molecule has 4 saturated heterocycles. The highest BCUT2D eigenvalue weighted by atomic mass is 16.7. The Kier molecular flexibility index (Phi) is 24.3. The van der Waals surface area contributed by atoms with Crippen LogP contribution in [-0.4, -0.2) is 96.4 Å². The summed E-state index contributed by atoms with van der Waals surface area (Å²) in [6.45, 7) is 6.00. The Morgan fingerprint density at radius 1 is 0.448 bits per heavy atom. The van der Waals surface area contributed by atoms with Crippen LogP contribution in [0, 0.1) is 0 Å². The summed E-state index contributed by atoms with van der Waals surface area (Å²) >= 11 is 0. The number of hydrogen-bond donors (Lipinski definition) is 0. The minimum absolute atomic E-state index is 0.0379. The summed E-state index contributed by atoms with van der Waals surface area (Å²) in [5, 5.41) is 0. The first-order chi connectivity index (χ1) is 28.4. The molecule has 4 fully saturated rings. The number of likely N-dealkylation sites (tertiary alicyclic amines) is 2. The van der Waals surface area contributed by atoms with Gasteiger partial charge >= 0.3 is 11.9 Å². The molecule has 0 aromatic heterocycles. The Hall–Kier alpha value is -2.20. The van der Waals surface area contributed by atoms with E-state index in [9.17, 15) is 19.2 Å². The van der Waals surface area contributed by atoms with E-state index in [0.29, 0.717) is 38.8 Å². The van der Waals surface area contributed by atoms with Crippen LogP contribution < -0.4 is 0 Å². The smallest absolute Gasteiger partial charge is 0.329 e. The Labute approximate surface area is 352 Å². The molecule has 0 radical (unpaired) electrons. The van der Waals surface area contributed by atoms with Gasteiger partial charge in [-0.25, -0.2) is 9.59 Å². The first kappa shape index (κ1) is 48.5. The zero-order valence-corrected chi connectivity index (χ0v) is 37.1. The summed E-state index contributed by atoms with van der Waals surface area (Å²) < 4.78 is 23.9. The Morgan fingerprint density at radius 2 is 0.741 bits per heavy atom. The lowest BCUT2D eigenvalue weighted by atomic mass is 10.0. The van der Waals surface area contributed by atoms with Gasteiger partial charge in [-0.3, -0.25) is 9.59 Å². The van der Waals surface area contributed by atoms with Gasteiger partial charge in [0.2, 0.25) is 11.8 Å². The monoisotopic (exact) mass is 817 g/mol. The van der Waals surface area contributed by atoms with E-state index < -0.39 is 48.4 Å². The Balaban J connectivity index is 1.06. The number of unbranched alkanes of at least 4 members (excludes halogenated alkanes) is 24. The molecule has 4 aliphatic heterocycles. The molecule has 4 heterocycles. The third-order valence-corrected chi connectivity index (χ3v) is 13.2. The number of fused-ring (bicyclic) bond motifs is 1. The second kappa shape index (κ2) is 29.1. The topological polar surface area (TPSA) is 112 Å². The molecule has 10 nitrogen and oxygen atoms in total. The van der Waals surface area contributed by atoms with Gasteiger partial charge in [0.25, 0.3) is 0 Å². The van der Waals surface area contributed by atoms with Crippen molar-refractivity contribution in [2.45, 2.75) is 256 Å². The summed E-state index contributed by atoms with van der Waals surface area (Å²) in [4.78, 5) is 56.5. The van der Waals surface area contributed by atoms with E-state index >= 15 is 0 Å². The standard InChI is InChI=1S/C48H84N2O8/c1-3-5-7-9-11-13-15-17-19-21-23-25-27-33-43(51)49-35-29-31-39(49)47(53)57-41-37-55-46-42(38-56-45(41)46)58-48(54)40-32-30-36-50(40)44(52)34-28-26-24-22-20-18-16-14-12-10-8-6-4-2/h39-42,45-46H,3-38H2,1-2H3/t39?,40?,41-,42+,45-,46-/m1/s1. The summed E-state index contributed by atoms with van der Waals surface area (Å²) in [5.41, 5.74) is 0. The quantitative estimate of drug-likeness (QED) is 0.0487. The number of amides is 2. The Morgan fingerprint density at radius 3 is 1.05 bits per heavy atom. The van der Waals surface area contributed by atoms with E-state index in [2.05, 4.69) is 13.8 Å². The minimum atomic E-state index is -0.621. The molecule has 0 N–H and O–H groups in total. The number of ether oxygens (including phenoxy) is 4. The predicted molar refractivity (Wildman–Crippen MR) is 229 cm³/mol. The third-order valence-electron chi connectivity index (χ3n) is 13.2. The summed E-state index contributed by atoms with van der Waals surface area (Å²) in [7, 11) is 0. The van der Waals surface area contributed by atoms with Crippen molar-refractivity contribution in [3.05, 3.63) is 0 Å². The zero-order chi connectivity index (χ0) is 41.2. The molecule has 334 valence electrons. The fourth-order valence-electron chi connectivity index (χ4n) is 9.58. The van der Waals surface area contributed by atoms with Gasteiger partial charge in [0.1, 0.15) is 24.3 Å². The lowest BCUT2D eigenvalue weighted by Gasteiger charge is -2.26. The first-order valence-electron chi connectivity index (χ1n) is 24.7. The maximum Gasteiger partial charge on any atom is 0.329 e. The van der Waals surface area contributed by atoms with Crippen LogP contribution in [-0.2, 0) is 38.1 Å². The molecular weight excluding hydrogens is 733 g/mol. The molecular formula is C48H84N2O8. The van der Waals surface area contributed by atoms with Crippen molar-refractivity contribution >= 4 is 23.8 Å². The third kappa shape index (κ3) is 17.0. The minimum Gasteiger partial charge on any atom is -0.455 e. The summed E-state index contributed by atoms with van der Waals surface area (Å²) in [5.74, 6) is -0.733. The molecule has 2 amide bonds. The fourth-order valence-corrected chi connectivity index (χ4v) is 9.58. The van der Waals surface area contributed by atoms with Gasteiger partial charge in [0, 0.05) is 25.9 Å². The van der Waals surface area contributed by atoms with Crippen LogP contribution in [0.4, 0.5) is 0 Å². The van der Waals surface area contributed by atoms with Gasteiger partial charge in [0.05, 0.1) is 13.2 Å². The lowest BCUT2D eigenvalue weighted by molar-refractivity contribution is -0.163. The van der Waals surface area contributed by atoms with E-state index in [4.69, 9.17) is 18.9 Å². The highest BCUT2D eigenvalue weighted by Crippen LogP contribution is 2.33. The van der Waals surface area contributed by atoms with Gasteiger partial charge in [-0.1, -0.05) is 168 Å².